The van der Waals surface area contributed by atoms with Crippen molar-refractivity contribution in [1.29, 1.82) is 0 Å². The maximum Gasteiger partial charge on any atom is 0.315 e. The number of benzene rings is 1. The predicted molar refractivity (Wildman–Crippen MR) is 85.1 cm³/mol. The summed E-state index contributed by atoms with van der Waals surface area (Å²) in [5.41, 5.74) is 2.38. The fourth-order valence-electron chi connectivity index (χ4n) is 1.68. The smallest absolute Gasteiger partial charge is 0.315 e. The Labute approximate surface area is 130 Å². The third-order valence-corrected chi connectivity index (χ3v) is 3.48. The van der Waals surface area contributed by atoms with Crippen molar-refractivity contribution in [2.75, 3.05) is 10.6 Å². The number of carbonyl (C=O) groups is 2. The standard InChI is InChI=1S/C15H14BrN3O2/c1-9-5-6-12(11(16)8-9)18-14(20)15(21)19-13-10(2)4-3-7-17-13/h3-8H,1-2H3,(H,18,20)(H,17,19,21). The van der Waals surface area contributed by atoms with Gasteiger partial charge in [-0.05, 0) is 59.1 Å². The molecule has 2 N–H and O–H groups in total. The maximum atomic E-state index is 11.9. The lowest BCUT2D eigenvalue weighted by Gasteiger charge is -2.09. The van der Waals surface area contributed by atoms with Crippen molar-refractivity contribution in [2.45, 2.75) is 13.8 Å². The summed E-state index contributed by atoms with van der Waals surface area (Å²) in [6, 6.07) is 9.00. The second kappa shape index (κ2) is 6.49. The van der Waals surface area contributed by atoms with Crippen LogP contribution in [0.1, 0.15) is 11.1 Å². The molecule has 6 heteroatoms. The van der Waals surface area contributed by atoms with Crippen molar-refractivity contribution in [3.8, 4) is 0 Å². The number of halogens is 1. The average molecular weight is 348 g/mol. The van der Waals surface area contributed by atoms with Crippen LogP contribution in [0.5, 0.6) is 0 Å². The first-order chi connectivity index (χ1) is 9.97. The topological polar surface area (TPSA) is 71.1 Å². The summed E-state index contributed by atoms with van der Waals surface area (Å²) in [6.07, 6.45) is 1.55. The Morgan fingerprint density at radius 2 is 1.81 bits per heavy atom. The largest absolute Gasteiger partial charge is 0.317 e. The molecule has 2 rings (SSSR count). The van der Waals surface area contributed by atoms with Gasteiger partial charge in [0, 0.05) is 10.7 Å². The van der Waals surface area contributed by atoms with Gasteiger partial charge in [-0.2, -0.15) is 0 Å². The number of aromatic nitrogens is 1. The van der Waals surface area contributed by atoms with Gasteiger partial charge in [-0.3, -0.25) is 9.59 Å². The van der Waals surface area contributed by atoms with E-state index in [2.05, 4.69) is 31.5 Å². The summed E-state index contributed by atoms with van der Waals surface area (Å²) in [7, 11) is 0. The highest BCUT2D eigenvalue weighted by atomic mass is 79.9. The van der Waals surface area contributed by atoms with Crippen molar-refractivity contribution >= 4 is 39.2 Å². The highest BCUT2D eigenvalue weighted by Gasteiger charge is 2.16. The summed E-state index contributed by atoms with van der Waals surface area (Å²) < 4.78 is 0.720. The molecule has 2 aromatic rings. The van der Waals surface area contributed by atoms with Crippen molar-refractivity contribution in [1.82, 2.24) is 4.98 Å². The first-order valence-electron chi connectivity index (χ1n) is 6.27. The Hall–Kier alpha value is -2.21. The number of hydrogen-bond donors (Lipinski definition) is 2. The van der Waals surface area contributed by atoms with Crippen LogP contribution in [-0.2, 0) is 9.59 Å². The lowest BCUT2D eigenvalue weighted by Crippen LogP contribution is -2.29. The molecule has 0 atom stereocenters. The maximum absolute atomic E-state index is 11.9. The van der Waals surface area contributed by atoms with Gasteiger partial charge in [-0.1, -0.05) is 12.1 Å². The highest BCUT2D eigenvalue weighted by molar-refractivity contribution is 9.10. The van der Waals surface area contributed by atoms with Crippen LogP contribution < -0.4 is 10.6 Å². The zero-order chi connectivity index (χ0) is 15.4. The lowest BCUT2D eigenvalue weighted by atomic mass is 10.2. The molecule has 0 saturated heterocycles. The van der Waals surface area contributed by atoms with Gasteiger partial charge in [-0.15, -0.1) is 0 Å². The van der Waals surface area contributed by atoms with Crippen LogP contribution in [0.25, 0.3) is 0 Å². The molecule has 1 aromatic heterocycles. The molecule has 0 aliphatic carbocycles. The summed E-state index contributed by atoms with van der Waals surface area (Å²) in [4.78, 5) is 27.8. The van der Waals surface area contributed by atoms with E-state index in [1.54, 1.807) is 31.3 Å². The van der Waals surface area contributed by atoms with E-state index in [-0.39, 0.29) is 0 Å². The summed E-state index contributed by atoms with van der Waals surface area (Å²) >= 11 is 3.34. The van der Waals surface area contributed by atoms with Gasteiger partial charge >= 0.3 is 11.8 Å². The number of pyridine rings is 1. The summed E-state index contributed by atoms with van der Waals surface area (Å²) in [5.74, 6) is -1.13. The van der Waals surface area contributed by atoms with Crippen LogP contribution in [0.15, 0.2) is 41.0 Å². The van der Waals surface area contributed by atoms with Crippen LogP contribution in [0.3, 0.4) is 0 Å². The zero-order valence-electron chi connectivity index (χ0n) is 11.6. The van der Waals surface area contributed by atoms with Crippen molar-refractivity contribution < 1.29 is 9.59 Å². The van der Waals surface area contributed by atoms with E-state index < -0.39 is 11.8 Å². The summed E-state index contributed by atoms with van der Waals surface area (Å²) in [5, 5.41) is 5.03. The first kappa shape index (κ1) is 15.2. The minimum atomic E-state index is -0.760. The van der Waals surface area contributed by atoms with Crippen molar-refractivity contribution in [2.24, 2.45) is 0 Å². The van der Waals surface area contributed by atoms with Gasteiger partial charge in [0.15, 0.2) is 0 Å². The van der Waals surface area contributed by atoms with E-state index in [1.807, 2.05) is 19.1 Å². The second-order valence-corrected chi connectivity index (χ2v) is 5.41. The van der Waals surface area contributed by atoms with E-state index in [1.165, 1.54) is 0 Å². The molecule has 2 amide bonds. The van der Waals surface area contributed by atoms with Crippen molar-refractivity contribution in [3.63, 3.8) is 0 Å². The van der Waals surface area contributed by atoms with Crippen LogP contribution in [0, 0.1) is 13.8 Å². The molecular formula is C15H14BrN3O2. The van der Waals surface area contributed by atoms with Gasteiger partial charge in [0.1, 0.15) is 5.82 Å². The van der Waals surface area contributed by atoms with Gasteiger partial charge in [0.05, 0.1) is 5.69 Å². The first-order valence-corrected chi connectivity index (χ1v) is 7.07. The van der Waals surface area contributed by atoms with E-state index in [9.17, 15) is 9.59 Å². The quantitative estimate of drug-likeness (QED) is 0.820. The molecule has 0 fully saturated rings. The van der Waals surface area contributed by atoms with E-state index >= 15 is 0 Å². The number of aryl methyl sites for hydroxylation is 2. The Morgan fingerprint density at radius 3 is 2.48 bits per heavy atom. The molecule has 0 spiro atoms. The number of nitrogens with one attached hydrogen (secondary N) is 2. The highest BCUT2D eigenvalue weighted by Crippen LogP contribution is 2.23. The zero-order valence-corrected chi connectivity index (χ0v) is 13.2. The lowest BCUT2D eigenvalue weighted by molar-refractivity contribution is -0.133. The molecule has 0 aliphatic rings. The van der Waals surface area contributed by atoms with Gasteiger partial charge in [0.25, 0.3) is 0 Å². The minimum Gasteiger partial charge on any atom is -0.317 e. The Balaban J connectivity index is 2.06. The molecule has 0 radical (unpaired) electrons. The molecule has 1 aromatic carbocycles. The van der Waals surface area contributed by atoms with Crippen LogP contribution >= 0.6 is 15.9 Å². The van der Waals surface area contributed by atoms with Gasteiger partial charge in [0.2, 0.25) is 0 Å². The SMILES string of the molecule is Cc1ccc(NC(=O)C(=O)Nc2ncccc2C)c(Br)c1. The molecule has 0 bridgehead atoms. The van der Waals surface area contributed by atoms with Crippen molar-refractivity contribution in [3.05, 3.63) is 52.1 Å². The normalized spacial score (nSPS) is 10.0. The Morgan fingerprint density at radius 1 is 1.10 bits per heavy atom. The van der Waals surface area contributed by atoms with E-state index in [0.29, 0.717) is 11.5 Å². The molecule has 0 aliphatic heterocycles. The monoisotopic (exact) mass is 347 g/mol. The van der Waals surface area contributed by atoms with E-state index in [0.717, 1.165) is 15.6 Å². The number of amides is 2. The number of rotatable bonds is 2. The second-order valence-electron chi connectivity index (χ2n) is 4.56. The summed E-state index contributed by atoms with van der Waals surface area (Å²) in [6.45, 7) is 3.74. The van der Waals surface area contributed by atoms with Crippen LogP contribution in [0.2, 0.25) is 0 Å². The van der Waals surface area contributed by atoms with Gasteiger partial charge < -0.3 is 10.6 Å². The predicted octanol–water partition coefficient (Wildman–Crippen LogP) is 3.04. The molecule has 21 heavy (non-hydrogen) atoms. The fraction of sp³-hybridized carbons (Fsp3) is 0.133. The number of hydrogen-bond acceptors (Lipinski definition) is 3. The average Bonchev–Trinajstić information content (AvgIpc) is 2.44. The Kier molecular flexibility index (Phi) is 4.70. The third kappa shape index (κ3) is 3.88. The van der Waals surface area contributed by atoms with E-state index in [4.69, 9.17) is 0 Å². The molecular weight excluding hydrogens is 334 g/mol. The number of nitrogens with zero attached hydrogens (tertiary/aromatic N) is 1. The molecule has 108 valence electrons. The molecule has 0 saturated carbocycles. The van der Waals surface area contributed by atoms with Gasteiger partial charge in [-0.25, -0.2) is 4.98 Å². The number of anilines is 2. The van der Waals surface area contributed by atoms with Crippen LogP contribution in [0.4, 0.5) is 11.5 Å². The molecule has 1 heterocycles. The third-order valence-electron chi connectivity index (χ3n) is 2.82. The Bertz CT molecular complexity index is 701. The molecule has 5 nitrogen and oxygen atoms in total. The fourth-order valence-corrected chi connectivity index (χ4v) is 2.27. The van der Waals surface area contributed by atoms with Crippen LogP contribution in [-0.4, -0.2) is 16.8 Å². The minimum absolute atomic E-state index is 0.376. The number of carbonyl (C=O) groups excluding carboxylic acids is 2. The molecule has 0 unspecified atom stereocenters.